The summed E-state index contributed by atoms with van der Waals surface area (Å²) in [6.45, 7) is 13.5. The largest absolute Gasteiger partial charge is 0 e. The number of hydrogen-bond donors (Lipinski definition) is 1. The fraction of sp³-hybridized carbons (Fsp3) is 0.235. The number of hydrogen-bond acceptors (Lipinski definition) is 3. The van der Waals surface area contributed by atoms with E-state index in [9.17, 15) is 0 Å². The first-order valence-corrected chi connectivity index (χ1v) is 6.22. The Kier molecular flexibility index (Phi) is 19.1. The molecular weight excluding hydrogens is 354 g/mol. The quantitative estimate of drug-likeness (QED) is 0.382. The Morgan fingerprint density at radius 3 is 2.00 bits per heavy atom. The van der Waals surface area contributed by atoms with Gasteiger partial charge in [-0.25, -0.2) is 0 Å². The predicted octanol–water partition coefficient (Wildman–Crippen LogP) is 2.77. The summed E-state index contributed by atoms with van der Waals surface area (Å²) in [5.74, 6) is 1.74. The number of methoxy groups -OCH3 is 2. The third-order valence-corrected chi connectivity index (χ3v) is 2.98. The summed E-state index contributed by atoms with van der Waals surface area (Å²) in [5, 5.41) is 0. The van der Waals surface area contributed by atoms with Crippen LogP contribution in [0.3, 0.4) is 0 Å². The Morgan fingerprint density at radius 2 is 1.58 bits per heavy atom. The molecule has 0 aromatic heterocycles. The van der Waals surface area contributed by atoms with Gasteiger partial charge in [-0.05, 0) is 18.1 Å². The number of nitrogen functional groups attached to an aromatic ring is 1. The van der Waals surface area contributed by atoms with Crippen LogP contribution in [0, 0.1) is 20.0 Å². The molecule has 0 saturated carbocycles. The van der Waals surface area contributed by atoms with Gasteiger partial charge in [0.25, 0.3) is 0 Å². The van der Waals surface area contributed by atoms with Gasteiger partial charge in [0.15, 0.2) is 0 Å². The molecule has 7 heteroatoms. The van der Waals surface area contributed by atoms with Crippen LogP contribution < -0.4 is 15.2 Å². The second kappa shape index (κ2) is 17.2. The molecule has 0 bridgehead atoms. The fourth-order valence-electron chi connectivity index (χ4n) is 2.03. The molecule has 6 nitrogen and oxygen atoms in total. The van der Waals surface area contributed by atoms with E-state index in [0.29, 0.717) is 17.4 Å². The molecule has 1 atom stereocenters. The van der Waals surface area contributed by atoms with Gasteiger partial charge in [0.05, 0.1) is 19.9 Å². The Hall–Kier alpha value is -2.16. The van der Waals surface area contributed by atoms with Crippen LogP contribution in [-0.4, -0.2) is 14.2 Å². The van der Waals surface area contributed by atoms with E-state index >= 15 is 0 Å². The molecule has 1 unspecified atom stereocenters. The molecule has 1 aromatic carbocycles. The summed E-state index contributed by atoms with van der Waals surface area (Å²) < 4.78 is 33.0. The van der Waals surface area contributed by atoms with E-state index in [0.717, 1.165) is 17.7 Å². The van der Waals surface area contributed by atoms with Crippen molar-refractivity contribution in [2.24, 2.45) is 0 Å². The number of nitrogens with two attached hydrogens (primary N) is 1. The smallest absolute Gasteiger partial charge is 0 e. The first-order chi connectivity index (χ1) is 11.3. The third kappa shape index (κ3) is 7.91. The van der Waals surface area contributed by atoms with Crippen molar-refractivity contribution in [1.29, 1.82) is 0 Å². The van der Waals surface area contributed by atoms with Gasteiger partial charge in [0.2, 0.25) is 0 Å². The minimum absolute atomic E-state index is 0. The molecule has 2 rings (SSSR count). The number of rotatable bonds is 3. The van der Waals surface area contributed by atoms with Crippen molar-refractivity contribution in [3.8, 4) is 11.5 Å². The van der Waals surface area contributed by atoms with Crippen LogP contribution >= 0.6 is 0 Å². The van der Waals surface area contributed by atoms with Crippen molar-refractivity contribution in [2.75, 3.05) is 20.0 Å². The van der Waals surface area contributed by atoms with Gasteiger partial charge in [-0.15, -0.1) is 0 Å². The van der Waals surface area contributed by atoms with E-state index in [2.05, 4.69) is 32.1 Å². The Bertz CT molecular complexity index is 576. The predicted molar refractivity (Wildman–Crippen MR) is 81.4 cm³/mol. The normalized spacial score (nSPS) is 13.1. The SMILES string of the molecule is COc1cc(OC)c(N)c(C2C=CC=CC2)c1.[C-]#[O+].[C-]#[O+].[C-]#[O+].[Fe]. The van der Waals surface area contributed by atoms with Crippen molar-refractivity contribution in [3.63, 3.8) is 0 Å². The van der Waals surface area contributed by atoms with Crippen molar-refractivity contribution in [3.05, 3.63) is 62.0 Å². The molecule has 128 valence electrons. The van der Waals surface area contributed by atoms with Gasteiger partial charge in [-0.2, -0.15) is 0 Å². The van der Waals surface area contributed by atoms with Gasteiger partial charge in [0, 0.05) is 29.1 Å². The maximum atomic E-state index is 7.50. The zero-order valence-corrected chi connectivity index (χ0v) is 14.3. The summed E-state index contributed by atoms with van der Waals surface area (Å²) in [7, 11) is 3.26. The van der Waals surface area contributed by atoms with E-state index in [-0.39, 0.29) is 17.1 Å². The molecule has 1 aliphatic carbocycles. The molecule has 0 saturated heterocycles. The zero-order valence-electron chi connectivity index (χ0n) is 13.2. The Balaban J connectivity index is -0.000000569. The molecule has 0 fully saturated rings. The maximum absolute atomic E-state index is 7.50. The Morgan fingerprint density at radius 1 is 1.00 bits per heavy atom. The first kappa shape index (κ1) is 26.7. The summed E-state index contributed by atoms with van der Waals surface area (Å²) in [4.78, 5) is 0. The summed E-state index contributed by atoms with van der Waals surface area (Å²) in [6, 6.07) is 3.78. The number of allylic oxidation sites excluding steroid dienone is 4. The number of anilines is 1. The molecule has 0 radical (unpaired) electrons. The van der Waals surface area contributed by atoms with E-state index < -0.39 is 0 Å². The van der Waals surface area contributed by atoms with Gasteiger partial charge < -0.3 is 15.2 Å². The summed E-state index contributed by atoms with van der Waals surface area (Å²) >= 11 is 0. The van der Waals surface area contributed by atoms with Gasteiger partial charge >= 0.3 is 33.9 Å². The van der Waals surface area contributed by atoms with Crippen molar-refractivity contribution >= 4 is 5.69 Å². The molecule has 24 heavy (non-hydrogen) atoms. The van der Waals surface area contributed by atoms with Crippen molar-refractivity contribution in [2.45, 2.75) is 12.3 Å². The van der Waals surface area contributed by atoms with E-state index in [1.165, 1.54) is 0 Å². The van der Waals surface area contributed by atoms with Gasteiger partial charge in [-0.3, -0.25) is 0 Å². The topological polar surface area (TPSA) is 104 Å². The second-order valence-electron chi connectivity index (χ2n) is 3.99. The van der Waals surface area contributed by atoms with Gasteiger partial charge in [-0.1, -0.05) is 24.3 Å². The fourth-order valence-corrected chi connectivity index (χ4v) is 2.03. The second-order valence-corrected chi connectivity index (χ2v) is 3.99. The van der Waals surface area contributed by atoms with Crippen LogP contribution in [0.25, 0.3) is 0 Å². The number of benzene rings is 1. The van der Waals surface area contributed by atoms with Crippen LogP contribution in [0.2, 0.25) is 0 Å². The standard InChI is InChI=1S/C14H17NO2.3CO.Fe/c1-16-11-8-12(10-6-4-3-5-7-10)14(15)13(9-11)17-2;3*1-2;/h3-6,8-10H,7,15H2,1-2H3;;;;. The zero-order chi connectivity index (χ0) is 18.3. The molecule has 0 aliphatic heterocycles. The minimum Gasteiger partial charge on any atom is 0 e. The monoisotopic (exact) mass is 371 g/mol. The van der Waals surface area contributed by atoms with Gasteiger partial charge in [0.1, 0.15) is 11.5 Å². The summed E-state index contributed by atoms with van der Waals surface area (Å²) in [6.07, 6.45) is 9.32. The maximum Gasteiger partial charge on any atom is 0 e. The average molecular weight is 371 g/mol. The van der Waals surface area contributed by atoms with E-state index in [1.807, 2.05) is 18.2 Å². The van der Waals surface area contributed by atoms with Crippen LogP contribution in [0.5, 0.6) is 11.5 Å². The van der Waals surface area contributed by atoms with Crippen LogP contribution in [0.4, 0.5) is 5.69 Å². The van der Waals surface area contributed by atoms with E-state index in [4.69, 9.17) is 29.2 Å². The molecular formula is C17H17FeNO5. The van der Waals surface area contributed by atoms with Crippen molar-refractivity contribution < 1.29 is 40.5 Å². The molecule has 1 aromatic rings. The van der Waals surface area contributed by atoms with Crippen LogP contribution in [0.15, 0.2) is 36.4 Å². The molecule has 0 spiro atoms. The first-order valence-electron chi connectivity index (χ1n) is 6.22. The summed E-state index contributed by atoms with van der Waals surface area (Å²) in [5.41, 5.74) is 7.86. The molecule has 0 heterocycles. The molecule has 1 aliphatic rings. The van der Waals surface area contributed by atoms with E-state index in [1.54, 1.807) is 20.3 Å². The molecule has 0 amide bonds. The number of ether oxygens (including phenoxy) is 2. The Labute approximate surface area is 152 Å². The minimum atomic E-state index is 0. The van der Waals surface area contributed by atoms with Crippen LogP contribution in [0.1, 0.15) is 17.9 Å². The third-order valence-electron chi connectivity index (χ3n) is 2.98. The molecule has 2 N–H and O–H groups in total. The van der Waals surface area contributed by atoms with Crippen LogP contribution in [-0.2, 0) is 31.0 Å². The average Bonchev–Trinajstić information content (AvgIpc) is 2.67. The van der Waals surface area contributed by atoms with Crippen molar-refractivity contribution in [1.82, 2.24) is 0 Å².